The number of ether oxygens (including phenoxy) is 1. The molecule has 0 unspecified atom stereocenters. The number of rotatable bonds is 4. The molecule has 0 aliphatic rings. The van der Waals surface area contributed by atoms with Crippen LogP contribution in [0.2, 0.25) is 0 Å². The van der Waals surface area contributed by atoms with Gasteiger partial charge in [0.25, 0.3) is 5.56 Å². The number of aromatic amines is 1. The highest BCUT2D eigenvalue weighted by molar-refractivity contribution is 5.88. The second kappa shape index (κ2) is 6.16. The number of fused-ring (bicyclic) bond motifs is 2. The van der Waals surface area contributed by atoms with Gasteiger partial charge in [-0.2, -0.15) is 0 Å². The first-order chi connectivity index (χ1) is 11.8. The number of aromatic nitrogens is 2. The molecule has 0 atom stereocenters. The summed E-state index contributed by atoms with van der Waals surface area (Å²) in [6.45, 7) is 0.454. The van der Waals surface area contributed by atoms with Crippen molar-refractivity contribution in [3.05, 3.63) is 82.9 Å². The van der Waals surface area contributed by atoms with Gasteiger partial charge in [-0.3, -0.25) is 4.79 Å². The second-order valence-corrected chi connectivity index (χ2v) is 5.61. The average molecular weight is 316 g/mol. The SMILES string of the molecule is O=c1[nH]c(CCOc2cccc3ccccc23)nc2ccccc12. The molecule has 3 aromatic carbocycles. The molecular formula is C20H16N2O2. The van der Waals surface area contributed by atoms with Crippen molar-refractivity contribution >= 4 is 21.7 Å². The number of H-pyrrole nitrogens is 1. The van der Waals surface area contributed by atoms with E-state index in [4.69, 9.17) is 4.74 Å². The van der Waals surface area contributed by atoms with E-state index in [1.54, 1.807) is 6.07 Å². The number of nitrogens with one attached hydrogen (secondary N) is 1. The zero-order chi connectivity index (χ0) is 16.4. The Morgan fingerprint density at radius 2 is 1.62 bits per heavy atom. The quantitative estimate of drug-likeness (QED) is 0.624. The molecule has 0 amide bonds. The summed E-state index contributed by atoms with van der Waals surface area (Å²) in [5.74, 6) is 1.48. The van der Waals surface area contributed by atoms with E-state index in [2.05, 4.69) is 22.1 Å². The van der Waals surface area contributed by atoms with Gasteiger partial charge in [0.05, 0.1) is 17.5 Å². The highest BCUT2D eigenvalue weighted by atomic mass is 16.5. The van der Waals surface area contributed by atoms with Gasteiger partial charge in [-0.25, -0.2) is 4.98 Å². The van der Waals surface area contributed by atoms with Gasteiger partial charge in [-0.15, -0.1) is 0 Å². The Balaban J connectivity index is 1.54. The molecule has 1 heterocycles. The van der Waals surface area contributed by atoms with Crippen molar-refractivity contribution in [3.8, 4) is 5.75 Å². The molecule has 0 aliphatic heterocycles. The fourth-order valence-electron chi connectivity index (χ4n) is 2.83. The van der Waals surface area contributed by atoms with Crippen LogP contribution in [0, 0.1) is 0 Å². The van der Waals surface area contributed by atoms with Crippen LogP contribution in [-0.4, -0.2) is 16.6 Å². The van der Waals surface area contributed by atoms with E-state index in [0.717, 1.165) is 16.5 Å². The Kier molecular flexibility index (Phi) is 3.71. The van der Waals surface area contributed by atoms with Crippen LogP contribution in [0.3, 0.4) is 0 Å². The van der Waals surface area contributed by atoms with Crippen LogP contribution in [0.4, 0.5) is 0 Å². The maximum Gasteiger partial charge on any atom is 0.258 e. The molecule has 4 nitrogen and oxygen atoms in total. The van der Waals surface area contributed by atoms with Crippen LogP contribution < -0.4 is 10.3 Å². The Morgan fingerprint density at radius 3 is 2.54 bits per heavy atom. The third-order valence-electron chi connectivity index (χ3n) is 4.01. The molecule has 1 N–H and O–H groups in total. The monoisotopic (exact) mass is 316 g/mol. The summed E-state index contributed by atoms with van der Waals surface area (Å²) in [5.41, 5.74) is 0.599. The highest BCUT2D eigenvalue weighted by Gasteiger charge is 2.05. The van der Waals surface area contributed by atoms with E-state index in [-0.39, 0.29) is 5.56 Å². The predicted molar refractivity (Wildman–Crippen MR) is 95.5 cm³/mol. The molecule has 118 valence electrons. The van der Waals surface area contributed by atoms with Gasteiger partial charge in [0.1, 0.15) is 11.6 Å². The molecule has 0 radical (unpaired) electrons. The molecule has 0 fully saturated rings. The van der Waals surface area contributed by atoms with Crippen molar-refractivity contribution in [2.24, 2.45) is 0 Å². The summed E-state index contributed by atoms with van der Waals surface area (Å²) in [7, 11) is 0. The lowest BCUT2D eigenvalue weighted by atomic mass is 10.1. The Labute approximate surface area is 138 Å². The normalized spacial score (nSPS) is 11.0. The molecule has 4 heteroatoms. The number of nitrogens with zero attached hydrogens (tertiary/aromatic N) is 1. The minimum absolute atomic E-state index is 0.110. The minimum atomic E-state index is -0.110. The topological polar surface area (TPSA) is 55.0 Å². The second-order valence-electron chi connectivity index (χ2n) is 5.61. The number of hydrogen-bond donors (Lipinski definition) is 1. The summed E-state index contributed by atoms with van der Waals surface area (Å²) in [6.07, 6.45) is 0.545. The summed E-state index contributed by atoms with van der Waals surface area (Å²) >= 11 is 0. The van der Waals surface area contributed by atoms with Crippen LogP contribution in [-0.2, 0) is 6.42 Å². The van der Waals surface area contributed by atoms with Crippen LogP contribution in [0.15, 0.2) is 71.5 Å². The summed E-state index contributed by atoms with van der Waals surface area (Å²) in [5, 5.41) is 2.84. The lowest BCUT2D eigenvalue weighted by Gasteiger charge is -2.09. The van der Waals surface area contributed by atoms with E-state index >= 15 is 0 Å². The van der Waals surface area contributed by atoms with Gasteiger partial charge in [0.2, 0.25) is 0 Å². The summed E-state index contributed by atoms with van der Waals surface area (Å²) in [4.78, 5) is 19.4. The lowest BCUT2D eigenvalue weighted by molar-refractivity contribution is 0.322. The third kappa shape index (κ3) is 2.74. The van der Waals surface area contributed by atoms with Gasteiger partial charge in [-0.1, -0.05) is 48.5 Å². The van der Waals surface area contributed by atoms with Gasteiger partial charge in [-0.05, 0) is 23.6 Å². The van der Waals surface area contributed by atoms with Crippen LogP contribution >= 0.6 is 0 Å². The van der Waals surface area contributed by atoms with Gasteiger partial charge < -0.3 is 9.72 Å². The van der Waals surface area contributed by atoms with Crippen molar-refractivity contribution in [1.82, 2.24) is 9.97 Å². The van der Waals surface area contributed by atoms with E-state index < -0.39 is 0 Å². The van der Waals surface area contributed by atoms with E-state index in [0.29, 0.717) is 29.8 Å². The Morgan fingerprint density at radius 1 is 0.875 bits per heavy atom. The lowest BCUT2D eigenvalue weighted by Crippen LogP contribution is -2.14. The standard InChI is InChI=1S/C20H16N2O2/c23-20-16-9-3-4-10-17(16)21-19(22-20)12-13-24-18-11-5-7-14-6-1-2-8-15(14)18/h1-11H,12-13H2,(H,21,22,23). The minimum Gasteiger partial charge on any atom is -0.492 e. The first-order valence-corrected chi connectivity index (χ1v) is 7.90. The number of para-hydroxylation sites is 1. The highest BCUT2D eigenvalue weighted by Crippen LogP contribution is 2.25. The summed E-state index contributed by atoms with van der Waals surface area (Å²) < 4.78 is 5.91. The van der Waals surface area contributed by atoms with Crippen LogP contribution in [0.1, 0.15) is 5.82 Å². The van der Waals surface area contributed by atoms with Gasteiger partial charge >= 0.3 is 0 Å². The molecular weight excluding hydrogens is 300 g/mol. The average Bonchev–Trinajstić information content (AvgIpc) is 2.62. The van der Waals surface area contributed by atoms with Gasteiger partial charge in [0, 0.05) is 11.8 Å². The maximum absolute atomic E-state index is 12.1. The number of hydrogen-bond acceptors (Lipinski definition) is 3. The molecule has 0 bridgehead atoms. The van der Waals surface area contributed by atoms with Crippen LogP contribution in [0.25, 0.3) is 21.7 Å². The Bertz CT molecular complexity index is 1060. The Hall–Kier alpha value is -3.14. The van der Waals surface area contributed by atoms with E-state index in [1.807, 2.05) is 48.5 Å². The first-order valence-electron chi connectivity index (χ1n) is 7.90. The van der Waals surface area contributed by atoms with Crippen LogP contribution in [0.5, 0.6) is 5.75 Å². The molecule has 4 rings (SSSR count). The van der Waals surface area contributed by atoms with Crippen molar-refractivity contribution in [2.45, 2.75) is 6.42 Å². The zero-order valence-corrected chi connectivity index (χ0v) is 13.0. The fourth-order valence-corrected chi connectivity index (χ4v) is 2.83. The molecule has 0 spiro atoms. The molecule has 0 saturated heterocycles. The molecule has 0 aliphatic carbocycles. The van der Waals surface area contributed by atoms with Crippen molar-refractivity contribution in [1.29, 1.82) is 0 Å². The molecule has 0 saturated carbocycles. The predicted octanol–water partition coefficient (Wildman–Crippen LogP) is 3.70. The van der Waals surface area contributed by atoms with E-state index in [9.17, 15) is 4.79 Å². The molecule has 24 heavy (non-hydrogen) atoms. The van der Waals surface area contributed by atoms with Crippen molar-refractivity contribution < 1.29 is 4.74 Å². The maximum atomic E-state index is 12.1. The summed E-state index contributed by atoms with van der Waals surface area (Å²) in [6, 6.07) is 21.4. The smallest absolute Gasteiger partial charge is 0.258 e. The fraction of sp³-hybridized carbons (Fsp3) is 0.100. The first kappa shape index (κ1) is 14.5. The molecule has 1 aromatic heterocycles. The largest absolute Gasteiger partial charge is 0.492 e. The zero-order valence-electron chi connectivity index (χ0n) is 13.0. The third-order valence-corrected chi connectivity index (χ3v) is 4.01. The number of benzene rings is 3. The van der Waals surface area contributed by atoms with E-state index in [1.165, 1.54) is 0 Å². The molecule has 4 aromatic rings. The van der Waals surface area contributed by atoms with Gasteiger partial charge in [0.15, 0.2) is 0 Å². The van der Waals surface area contributed by atoms with Crippen molar-refractivity contribution in [2.75, 3.05) is 6.61 Å². The van der Waals surface area contributed by atoms with Crippen molar-refractivity contribution in [3.63, 3.8) is 0 Å².